The molecule has 4 heteroatoms. The first-order chi connectivity index (χ1) is 8.81. The number of halogens is 1. The molecule has 0 saturated heterocycles. The molecule has 1 aromatic heterocycles. The molecule has 3 rings (SSSR count). The molecule has 0 bridgehead atoms. The highest BCUT2D eigenvalue weighted by atomic mass is 79.9. The van der Waals surface area contributed by atoms with Crippen LogP contribution in [0.4, 0.5) is 0 Å². The molecule has 0 saturated carbocycles. The molecule has 0 spiro atoms. The van der Waals surface area contributed by atoms with Gasteiger partial charge in [0.15, 0.2) is 4.73 Å². The topological polar surface area (TPSA) is 27.1 Å². The molecule has 0 radical (unpaired) electrons. The third kappa shape index (κ3) is 1.85. The van der Waals surface area contributed by atoms with Gasteiger partial charge in [0, 0.05) is 17.8 Å². The van der Waals surface area contributed by atoms with Crippen molar-refractivity contribution in [3.05, 3.63) is 34.7 Å². The van der Waals surface area contributed by atoms with E-state index in [0.717, 1.165) is 34.7 Å². The number of nitrogens with zero attached hydrogens (tertiary/aromatic N) is 2. The van der Waals surface area contributed by atoms with Gasteiger partial charge >= 0.3 is 0 Å². The highest BCUT2D eigenvalue weighted by Gasteiger charge is 2.21. The molecule has 0 atom stereocenters. The molecule has 94 valence electrons. The predicted octanol–water partition coefficient (Wildman–Crippen LogP) is 3.66. The summed E-state index contributed by atoms with van der Waals surface area (Å²) in [6.07, 6.45) is 3.56. The SMILES string of the molecule is COc1ccccc1-c1nc(Br)n2c1CCCC2. The van der Waals surface area contributed by atoms with E-state index in [0.29, 0.717) is 0 Å². The monoisotopic (exact) mass is 306 g/mol. The predicted molar refractivity (Wildman–Crippen MR) is 74.9 cm³/mol. The van der Waals surface area contributed by atoms with Crippen LogP contribution in [-0.2, 0) is 13.0 Å². The van der Waals surface area contributed by atoms with Gasteiger partial charge in [-0.15, -0.1) is 0 Å². The average Bonchev–Trinajstić information content (AvgIpc) is 2.77. The van der Waals surface area contributed by atoms with Gasteiger partial charge in [-0.1, -0.05) is 12.1 Å². The second kappa shape index (κ2) is 4.76. The summed E-state index contributed by atoms with van der Waals surface area (Å²) < 4.78 is 8.63. The molecule has 1 aliphatic rings. The van der Waals surface area contributed by atoms with Gasteiger partial charge in [-0.3, -0.25) is 0 Å². The van der Waals surface area contributed by atoms with Gasteiger partial charge in [0.2, 0.25) is 0 Å². The van der Waals surface area contributed by atoms with Crippen LogP contribution in [0, 0.1) is 0 Å². The number of benzene rings is 1. The summed E-state index contributed by atoms with van der Waals surface area (Å²) in [5, 5.41) is 0. The van der Waals surface area contributed by atoms with Crippen LogP contribution >= 0.6 is 15.9 Å². The summed E-state index contributed by atoms with van der Waals surface area (Å²) in [6, 6.07) is 8.07. The van der Waals surface area contributed by atoms with Crippen molar-refractivity contribution >= 4 is 15.9 Å². The standard InChI is InChI=1S/C14H15BrN2O/c1-18-12-8-3-2-6-10(12)13-11-7-4-5-9-17(11)14(15)16-13/h2-3,6,8H,4-5,7,9H2,1H3. The zero-order chi connectivity index (χ0) is 12.5. The largest absolute Gasteiger partial charge is 0.496 e. The van der Waals surface area contributed by atoms with Gasteiger partial charge in [0.25, 0.3) is 0 Å². The van der Waals surface area contributed by atoms with Crippen LogP contribution in [0.1, 0.15) is 18.5 Å². The Kier molecular flexibility index (Phi) is 3.12. The van der Waals surface area contributed by atoms with Crippen LogP contribution < -0.4 is 4.74 Å². The Morgan fingerprint density at radius 3 is 2.94 bits per heavy atom. The van der Waals surface area contributed by atoms with E-state index in [1.807, 2.05) is 18.2 Å². The van der Waals surface area contributed by atoms with Crippen LogP contribution in [0.2, 0.25) is 0 Å². The summed E-state index contributed by atoms with van der Waals surface area (Å²) >= 11 is 3.56. The molecular formula is C14H15BrN2O. The van der Waals surface area contributed by atoms with Crippen molar-refractivity contribution in [1.82, 2.24) is 9.55 Å². The van der Waals surface area contributed by atoms with Crippen molar-refractivity contribution in [3.8, 4) is 17.0 Å². The minimum absolute atomic E-state index is 0.886. The van der Waals surface area contributed by atoms with Gasteiger partial charge < -0.3 is 9.30 Å². The first kappa shape index (κ1) is 11.8. The Balaban J connectivity index is 2.17. The minimum Gasteiger partial charge on any atom is -0.496 e. The summed E-state index contributed by atoms with van der Waals surface area (Å²) in [5.74, 6) is 0.886. The number of rotatable bonds is 2. The van der Waals surface area contributed by atoms with Crippen molar-refractivity contribution in [2.75, 3.05) is 7.11 Å². The molecule has 0 aliphatic carbocycles. The fraction of sp³-hybridized carbons (Fsp3) is 0.357. The first-order valence-corrected chi connectivity index (χ1v) is 6.99. The van der Waals surface area contributed by atoms with Crippen LogP contribution in [-0.4, -0.2) is 16.7 Å². The van der Waals surface area contributed by atoms with Gasteiger partial charge in [-0.2, -0.15) is 0 Å². The van der Waals surface area contributed by atoms with Crippen LogP contribution in [0.15, 0.2) is 29.0 Å². The Morgan fingerprint density at radius 2 is 2.11 bits per heavy atom. The molecule has 0 amide bonds. The normalized spacial score (nSPS) is 14.3. The number of imidazole rings is 1. The minimum atomic E-state index is 0.886. The van der Waals surface area contributed by atoms with E-state index >= 15 is 0 Å². The molecular weight excluding hydrogens is 292 g/mol. The van der Waals surface area contributed by atoms with E-state index in [2.05, 4.69) is 31.5 Å². The van der Waals surface area contributed by atoms with E-state index in [4.69, 9.17) is 4.74 Å². The third-order valence-corrected chi connectivity index (χ3v) is 4.04. The molecule has 3 nitrogen and oxygen atoms in total. The van der Waals surface area contributed by atoms with Gasteiger partial charge in [-0.25, -0.2) is 4.98 Å². The van der Waals surface area contributed by atoms with Crippen molar-refractivity contribution < 1.29 is 4.74 Å². The number of para-hydroxylation sites is 1. The van der Waals surface area contributed by atoms with Crippen molar-refractivity contribution in [2.45, 2.75) is 25.8 Å². The third-order valence-electron chi connectivity index (χ3n) is 3.43. The van der Waals surface area contributed by atoms with Crippen molar-refractivity contribution in [2.24, 2.45) is 0 Å². The second-order valence-electron chi connectivity index (χ2n) is 4.49. The zero-order valence-electron chi connectivity index (χ0n) is 10.3. The van der Waals surface area contributed by atoms with Crippen LogP contribution in [0.25, 0.3) is 11.3 Å². The second-order valence-corrected chi connectivity index (χ2v) is 5.19. The Morgan fingerprint density at radius 1 is 1.28 bits per heavy atom. The first-order valence-electron chi connectivity index (χ1n) is 6.19. The molecule has 0 unspecified atom stereocenters. The number of ether oxygens (including phenoxy) is 1. The van der Waals surface area contributed by atoms with Crippen molar-refractivity contribution in [3.63, 3.8) is 0 Å². The number of aromatic nitrogens is 2. The molecule has 2 heterocycles. The van der Waals surface area contributed by atoms with E-state index in [1.54, 1.807) is 7.11 Å². The number of methoxy groups -OCH3 is 1. The van der Waals surface area contributed by atoms with Crippen LogP contribution in [0.5, 0.6) is 5.75 Å². The Hall–Kier alpha value is -1.29. The van der Waals surface area contributed by atoms with Gasteiger partial charge in [-0.05, 0) is 47.3 Å². The Labute approximate surface area is 115 Å². The fourth-order valence-corrected chi connectivity index (χ4v) is 3.12. The van der Waals surface area contributed by atoms with E-state index in [1.165, 1.54) is 18.5 Å². The maximum atomic E-state index is 5.44. The molecule has 0 N–H and O–H groups in total. The lowest BCUT2D eigenvalue weighted by molar-refractivity contribution is 0.416. The lowest BCUT2D eigenvalue weighted by Gasteiger charge is -2.16. The zero-order valence-corrected chi connectivity index (χ0v) is 11.9. The summed E-state index contributed by atoms with van der Waals surface area (Å²) in [4.78, 5) is 4.67. The quantitative estimate of drug-likeness (QED) is 0.846. The molecule has 1 aliphatic heterocycles. The summed E-state index contributed by atoms with van der Waals surface area (Å²) in [7, 11) is 1.70. The number of fused-ring (bicyclic) bond motifs is 1. The fourth-order valence-electron chi connectivity index (χ4n) is 2.56. The van der Waals surface area contributed by atoms with Gasteiger partial charge in [0.05, 0.1) is 12.8 Å². The molecule has 1 aromatic carbocycles. The number of hydrogen-bond donors (Lipinski definition) is 0. The van der Waals surface area contributed by atoms with Gasteiger partial charge in [0.1, 0.15) is 5.75 Å². The van der Waals surface area contributed by atoms with E-state index < -0.39 is 0 Å². The molecule has 0 fully saturated rings. The maximum absolute atomic E-state index is 5.44. The van der Waals surface area contributed by atoms with E-state index in [-0.39, 0.29) is 0 Å². The van der Waals surface area contributed by atoms with E-state index in [9.17, 15) is 0 Å². The lowest BCUT2D eigenvalue weighted by atomic mass is 10.0. The molecule has 18 heavy (non-hydrogen) atoms. The summed E-state index contributed by atoms with van der Waals surface area (Å²) in [5.41, 5.74) is 3.45. The number of hydrogen-bond acceptors (Lipinski definition) is 2. The van der Waals surface area contributed by atoms with Crippen LogP contribution in [0.3, 0.4) is 0 Å². The highest BCUT2D eigenvalue weighted by Crippen LogP contribution is 2.35. The highest BCUT2D eigenvalue weighted by molar-refractivity contribution is 9.10. The smallest absolute Gasteiger partial charge is 0.177 e. The lowest BCUT2D eigenvalue weighted by Crippen LogP contribution is -2.10. The maximum Gasteiger partial charge on any atom is 0.177 e. The average molecular weight is 307 g/mol. The summed E-state index contributed by atoms with van der Waals surface area (Å²) in [6.45, 7) is 1.05. The Bertz CT molecular complexity index is 577. The van der Waals surface area contributed by atoms with Crippen molar-refractivity contribution in [1.29, 1.82) is 0 Å². The molecule has 2 aromatic rings.